The molecule has 2 N–H and O–H groups in total. The van der Waals surface area contributed by atoms with Crippen LogP contribution in [0.2, 0.25) is 0 Å². The third-order valence-electron chi connectivity index (χ3n) is 4.61. The molecule has 7 heteroatoms. The largest absolute Gasteiger partial charge is 0.497 e. The minimum Gasteiger partial charge on any atom is -0.497 e. The van der Waals surface area contributed by atoms with E-state index in [2.05, 4.69) is 22.5 Å². The normalized spacial score (nSPS) is 14.3. The summed E-state index contributed by atoms with van der Waals surface area (Å²) in [4.78, 5) is 12.2. The van der Waals surface area contributed by atoms with E-state index in [0.717, 1.165) is 36.3 Å². The number of methoxy groups -OCH3 is 1. The first-order valence-electron chi connectivity index (χ1n) is 9.21. The molecule has 4 nitrogen and oxygen atoms in total. The lowest BCUT2D eigenvalue weighted by Crippen LogP contribution is -2.38. The molecule has 1 aliphatic rings. The summed E-state index contributed by atoms with van der Waals surface area (Å²) in [5, 5.41) is 5.59. The topological polar surface area (TPSA) is 50.4 Å². The summed E-state index contributed by atoms with van der Waals surface area (Å²) < 4.78 is 43.3. The van der Waals surface area contributed by atoms with Crippen molar-refractivity contribution >= 4 is 6.03 Å². The molecule has 0 aliphatic heterocycles. The first kappa shape index (κ1) is 20.6. The Hall–Kier alpha value is -3.14. The molecule has 0 heterocycles. The van der Waals surface area contributed by atoms with Crippen LogP contribution < -0.4 is 15.4 Å². The van der Waals surface area contributed by atoms with Crippen LogP contribution in [-0.2, 0) is 6.18 Å². The highest BCUT2D eigenvalue weighted by molar-refractivity contribution is 5.74. The average molecular weight is 402 g/mol. The number of rotatable bonds is 5. The molecule has 1 atom stereocenters. The Morgan fingerprint density at radius 1 is 1.21 bits per heavy atom. The third kappa shape index (κ3) is 5.92. The van der Waals surface area contributed by atoms with Gasteiger partial charge in [-0.1, -0.05) is 30.0 Å². The molecule has 0 saturated heterocycles. The number of benzene rings is 2. The Labute approximate surface area is 167 Å². The SMILES string of the molecule is COc1ccc(C(NC(=O)NCC#Cc2cccc(C(F)(F)F)c2)C2CC2)cc1. The van der Waals surface area contributed by atoms with Gasteiger partial charge in [0.1, 0.15) is 5.75 Å². The number of carbonyl (C=O) groups excluding carboxylic acids is 1. The van der Waals surface area contributed by atoms with Crippen molar-refractivity contribution in [3.63, 3.8) is 0 Å². The van der Waals surface area contributed by atoms with Crippen LogP contribution in [0.5, 0.6) is 5.75 Å². The van der Waals surface area contributed by atoms with E-state index in [4.69, 9.17) is 4.74 Å². The third-order valence-corrected chi connectivity index (χ3v) is 4.61. The molecule has 1 aliphatic carbocycles. The molecular weight excluding hydrogens is 381 g/mol. The van der Waals surface area contributed by atoms with E-state index in [1.165, 1.54) is 12.1 Å². The predicted molar refractivity (Wildman–Crippen MR) is 103 cm³/mol. The van der Waals surface area contributed by atoms with Gasteiger partial charge in [-0.25, -0.2) is 4.79 Å². The lowest BCUT2D eigenvalue weighted by Gasteiger charge is -2.19. The Morgan fingerprint density at radius 2 is 1.93 bits per heavy atom. The summed E-state index contributed by atoms with van der Waals surface area (Å²) in [6.45, 7) is 0.0298. The lowest BCUT2D eigenvalue weighted by atomic mass is 10.0. The fourth-order valence-corrected chi connectivity index (χ4v) is 2.95. The first-order valence-corrected chi connectivity index (χ1v) is 9.21. The fourth-order valence-electron chi connectivity index (χ4n) is 2.95. The summed E-state index contributed by atoms with van der Waals surface area (Å²) in [6.07, 6.45) is -2.31. The van der Waals surface area contributed by atoms with Crippen LogP contribution in [0.4, 0.5) is 18.0 Å². The van der Waals surface area contributed by atoms with Gasteiger partial charge in [-0.3, -0.25) is 0 Å². The second kappa shape index (κ2) is 8.91. The van der Waals surface area contributed by atoms with Crippen LogP contribution in [0.1, 0.15) is 35.6 Å². The number of halogens is 3. The standard InChI is InChI=1S/C22H21F3N2O2/c1-29-19-11-9-17(10-12-19)20(16-7-8-16)27-21(28)26-13-3-5-15-4-2-6-18(14-15)22(23,24)25/h2,4,6,9-12,14,16,20H,7-8,13H2,1H3,(H2,26,27,28). The molecule has 1 unspecified atom stereocenters. The van der Waals surface area contributed by atoms with Gasteiger partial charge in [0.05, 0.1) is 25.3 Å². The number of ether oxygens (including phenoxy) is 1. The van der Waals surface area contributed by atoms with Crippen LogP contribution in [-0.4, -0.2) is 19.7 Å². The smallest absolute Gasteiger partial charge is 0.416 e. The molecule has 0 spiro atoms. The number of alkyl halides is 3. The monoisotopic (exact) mass is 402 g/mol. The maximum Gasteiger partial charge on any atom is 0.416 e. The molecule has 2 amide bonds. The van der Waals surface area contributed by atoms with Gasteiger partial charge < -0.3 is 15.4 Å². The second-order valence-electron chi connectivity index (χ2n) is 6.80. The molecule has 3 rings (SSSR count). The second-order valence-corrected chi connectivity index (χ2v) is 6.80. The predicted octanol–water partition coefficient (Wildman–Crippen LogP) is 4.52. The quantitative estimate of drug-likeness (QED) is 0.723. The van der Waals surface area contributed by atoms with Crippen molar-refractivity contribution in [3.05, 3.63) is 65.2 Å². The maximum atomic E-state index is 12.7. The lowest BCUT2D eigenvalue weighted by molar-refractivity contribution is -0.137. The van der Waals surface area contributed by atoms with Gasteiger partial charge in [0.25, 0.3) is 0 Å². The van der Waals surface area contributed by atoms with Crippen molar-refractivity contribution < 1.29 is 22.7 Å². The molecule has 1 fully saturated rings. The molecule has 1 saturated carbocycles. The molecule has 0 radical (unpaired) electrons. The van der Waals surface area contributed by atoms with Crippen molar-refractivity contribution in [2.75, 3.05) is 13.7 Å². The van der Waals surface area contributed by atoms with E-state index in [1.807, 2.05) is 24.3 Å². The summed E-state index contributed by atoms with van der Waals surface area (Å²) in [5.41, 5.74) is 0.497. The Kier molecular flexibility index (Phi) is 6.32. The summed E-state index contributed by atoms with van der Waals surface area (Å²) in [6, 6.07) is 11.9. The van der Waals surface area contributed by atoms with Gasteiger partial charge in [-0.05, 0) is 54.7 Å². The Bertz CT molecular complexity index is 910. The zero-order valence-corrected chi connectivity index (χ0v) is 15.8. The average Bonchev–Trinajstić information content (AvgIpc) is 3.54. The summed E-state index contributed by atoms with van der Waals surface area (Å²) in [7, 11) is 1.60. The van der Waals surface area contributed by atoms with Crippen LogP contribution in [0.3, 0.4) is 0 Å². The fraction of sp³-hybridized carbons (Fsp3) is 0.318. The highest BCUT2D eigenvalue weighted by Crippen LogP contribution is 2.41. The van der Waals surface area contributed by atoms with Crippen LogP contribution in [0.25, 0.3) is 0 Å². The van der Waals surface area contributed by atoms with Gasteiger partial charge in [0.15, 0.2) is 0 Å². The number of urea groups is 1. The Morgan fingerprint density at radius 3 is 2.55 bits per heavy atom. The number of amides is 2. The number of nitrogens with one attached hydrogen (secondary N) is 2. The van der Waals surface area contributed by atoms with E-state index < -0.39 is 11.7 Å². The van der Waals surface area contributed by atoms with Crippen molar-refractivity contribution in [2.24, 2.45) is 5.92 Å². The molecular formula is C22H21F3N2O2. The van der Waals surface area contributed by atoms with Gasteiger partial charge in [0.2, 0.25) is 0 Å². The first-order chi connectivity index (χ1) is 13.9. The molecule has 0 aromatic heterocycles. The maximum absolute atomic E-state index is 12.7. The van der Waals surface area contributed by atoms with Gasteiger partial charge in [0, 0.05) is 5.56 Å². The minimum absolute atomic E-state index is 0.0298. The van der Waals surface area contributed by atoms with E-state index in [9.17, 15) is 18.0 Å². The van der Waals surface area contributed by atoms with Crippen LogP contribution in [0, 0.1) is 17.8 Å². The highest BCUT2D eigenvalue weighted by Gasteiger charge is 2.33. The summed E-state index contributed by atoms with van der Waals surface area (Å²) >= 11 is 0. The highest BCUT2D eigenvalue weighted by atomic mass is 19.4. The van der Waals surface area contributed by atoms with Gasteiger partial charge in [-0.2, -0.15) is 13.2 Å². The zero-order valence-electron chi connectivity index (χ0n) is 15.8. The van der Waals surface area contributed by atoms with Crippen LogP contribution >= 0.6 is 0 Å². The van der Waals surface area contributed by atoms with Crippen molar-refractivity contribution in [1.29, 1.82) is 0 Å². The van der Waals surface area contributed by atoms with E-state index in [-0.39, 0.29) is 24.2 Å². The molecule has 2 aromatic carbocycles. The van der Waals surface area contributed by atoms with E-state index in [0.29, 0.717) is 5.92 Å². The van der Waals surface area contributed by atoms with Crippen molar-refractivity contribution in [2.45, 2.75) is 25.1 Å². The summed E-state index contributed by atoms with van der Waals surface area (Å²) in [5.74, 6) is 6.46. The molecule has 0 bridgehead atoms. The molecule has 152 valence electrons. The van der Waals surface area contributed by atoms with E-state index in [1.54, 1.807) is 7.11 Å². The minimum atomic E-state index is -4.41. The van der Waals surface area contributed by atoms with Crippen molar-refractivity contribution in [3.8, 4) is 17.6 Å². The van der Waals surface area contributed by atoms with E-state index >= 15 is 0 Å². The van der Waals surface area contributed by atoms with Crippen LogP contribution in [0.15, 0.2) is 48.5 Å². The number of carbonyl (C=O) groups is 1. The molecule has 2 aromatic rings. The molecule has 29 heavy (non-hydrogen) atoms. The van der Waals surface area contributed by atoms with Crippen molar-refractivity contribution in [1.82, 2.24) is 10.6 Å². The van der Waals surface area contributed by atoms with Gasteiger partial charge in [-0.15, -0.1) is 0 Å². The zero-order chi connectivity index (χ0) is 20.9. The van der Waals surface area contributed by atoms with Gasteiger partial charge >= 0.3 is 12.2 Å². The Balaban J connectivity index is 1.55. The number of hydrogen-bond acceptors (Lipinski definition) is 2. The number of hydrogen-bond donors (Lipinski definition) is 2.